The Labute approximate surface area is 164 Å². The topological polar surface area (TPSA) is 93.1 Å². The summed E-state index contributed by atoms with van der Waals surface area (Å²) in [4.78, 5) is 31.9. The summed E-state index contributed by atoms with van der Waals surface area (Å²) in [5.74, 6) is 0.445. The Morgan fingerprint density at radius 2 is 1.75 bits per heavy atom. The van der Waals surface area contributed by atoms with Gasteiger partial charge in [-0.05, 0) is 33.6 Å². The Kier molecular flexibility index (Phi) is 4.74. The highest BCUT2D eigenvalue weighted by atomic mass is 16.5. The van der Waals surface area contributed by atoms with Gasteiger partial charge in [0.2, 0.25) is 5.95 Å². The van der Waals surface area contributed by atoms with Crippen LogP contribution in [0.25, 0.3) is 0 Å². The van der Waals surface area contributed by atoms with Crippen LogP contribution in [0.3, 0.4) is 0 Å². The molecule has 0 atom stereocenters. The second-order valence-corrected chi connectivity index (χ2v) is 8.36. The summed E-state index contributed by atoms with van der Waals surface area (Å²) >= 11 is 0. The molecule has 148 valence electrons. The van der Waals surface area contributed by atoms with Crippen molar-refractivity contribution >= 4 is 11.9 Å². The van der Waals surface area contributed by atoms with Crippen molar-refractivity contribution < 1.29 is 9.53 Å². The van der Waals surface area contributed by atoms with E-state index in [1.54, 1.807) is 24.8 Å². The standard InChI is InChI=1S/C20H26N6O2/c1-14-8-22-16(11-21-14)19(2,3)25-18-23-9-15(10-24-18)17(27)26-12-20(13-26)4-6-28-7-5-20/h8-11H,4-7,12-13H2,1-3H3,(H,23,24,25). The number of nitrogens with zero attached hydrogens (tertiary/aromatic N) is 5. The van der Waals surface area contributed by atoms with Crippen molar-refractivity contribution in [3.63, 3.8) is 0 Å². The molecule has 1 N–H and O–H groups in total. The maximum Gasteiger partial charge on any atom is 0.257 e. The van der Waals surface area contributed by atoms with Gasteiger partial charge in [-0.1, -0.05) is 0 Å². The van der Waals surface area contributed by atoms with Crippen LogP contribution in [0.5, 0.6) is 0 Å². The Morgan fingerprint density at radius 1 is 1.07 bits per heavy atom. The van der Waals surface area contributed by atoms with Crippen LogP contribution in [0.1, 0.15) is 48.4 Å². The van der Waals surface area contributed by atoms with Gasteiger partial charge in [0.05, 0.1) is 28.7 Å². The minimum Gasteiger partial charge on any atom is -0.381 e. The maximum absolute atomic E-state index is 12.7. The van der Waals surface area contributed by atoms with Gasteiger partial charge in [-0.3, -0.25) is 14.8 Å². The molecule has 2 saturated heterocycles. The Hall–Kier alpha value is -2.61. The molecule has 28 heavy (non-hydrogen) atoms. The summed E-state index contributed by atoms with van der Waals surface area (Å²) in [6.45, 7) is 9.07. The molecule has 4 heterocycles. The van der Waals surface area contributed by atoms with Crippen LogP contribution < -0.4 is 5.32 Å². The first-order valence-corrected chi connectivity index (χ1v) is 9.63. The molecule has 2 aromatic rings. The lowest BCUT2D eigenvalue weighted by atomic mass is 9.73. The number of anilines is 1. The minimum absolute atomic E-state index is 0.00710. The molecule has 0 saturated carbocycles. The van der Waals surface area contributed by atoms with Gasteiger partial charge in [-0.15, -0.1) is 0 Å². The van der Waals surface area contributed by atoms with Gasteiger partial charge in [0.1, 0.15) is 0 Å². The number of rotatable bonds is 4. The summed E-state index contributed by atoms with van der Waals surface area (Å²) < 4.78 is 5.43. The summed E-state index contributed by atoms with van der Waals surface area (Å²) in [5.41, 5.74) is 1.95. The molecular formula is C20H26N6O2. The molecule has 2 aromatic heterocycles. The lowest BCUT2D eigenvalue weighted by Gasteiger charge is -2.52. The highest BCUT2D eigenvalue weighted by molar-refractivity contribution is 5.94. The highest BCUT2D eigenvalue weighted by Crippen LogP contribution is 2.40. The SMILES string of the molecule is Cc1cnc(C(C)(C)Nc2ncc(C(=O)N3CC4(CCOCC4)C3)cn2)cn1. The molecule has 2 fully saturated rings. The van der Waals surface area contributed by atoms with Crippen molar-refractivity contribution in [1.82, 2.24) is 24.8 Å². The number of hydrogen-bond acceptors (Lipinski definition) is 7. The van der Waals surface area contributed by atoms with Crippen LogP contribution in [0.2, 0.25) is 0 Å². The van der Waals surface area contributed by atoms with E-state index in [9.17, 15) is 4.79 Å². The number of ether oxygens (including phenoxy) is 1. The van der Waals surface area contributed by atoms with E-state index < -0.39 is 5.54 Å². The van der Waals surface area contributed by atoms with E-state index in [2.05, 4.69) is 25.3 Å². The molecular weight excluding hydrogens is 356 g/mol. The zero-order valence-electron chi connectivity index (χ0n) is 16.6. The summed E-state index contributed by atoms with van der Waals surface area (Å²) in [6, 6.07) is 0. The zero-order valence-corrected chi connectivity index (χ0v) is 16.6. The fraction of sp³-hybridized carbons (Fsp3) is 0.550. The van der Waals surface area contributed by atoms with Gasteiger partial charge >= 0.3 is 0 Å². The third-order valence-corrected chi connectivity index (χ3v) is 5.64. The maximum atomic E-state index is 12.7. The van der Waals surface area contributed by atoms with Gasteiger partial charge in [-0.2, -0.15) is 0 Å². The summed E-state index contributed by atoms with van der Waals surface area (Å²) in [6.07, 6.45) is 8.73. The zero-order chi connectivity index (χ0) is 19.8. The monoisotopic (exact) mass is 382 g/mol. The van der Waals surface area contributed by atoms with E-state index in [1.165, 1.54) is 0 Å². The van der Waals surface area contributed by atoms with E-state index in [0.29, 0.717) is 11.5 Å². The molecule has 2 aliphatic heterocycles. The number of nitrogens with one attached hydrogen (secondary N) is 1. The van der Waals surface area contributed by atoms with Gasteiger partial charge in [0, 0.05) is 50.3 Å². The molecule has 0 aromatic carbocycles. The molecule has 8 heteroatoms. The predicted octanol–water partition coefficient (Wildman–Crippen LogP) is 2.17. The largest absolute Gasteiger partial charge is 0.381 e. The van der Waals surface area contributed by atoms with Gasteiger partial charge in [-0.25, -0.2) is 9.97 Å². The summed E-state index contributed by atoms with van der Waals surface area (Å²) in [7, 11) is 0. The van der Waals surface area contributed by atoms with Crippen molar-refractivity contribution in [3.8, 4) is 0 Å². The van der Waals surface area contributed by atoms with E-state index in [0.717, 1.165) is 50.5 Å². The Bertz CT molecular complexity index is 836. The number of aryl methyl sites for hydroxylation is 1. The number of hydrogen-bond donors (Lipinski definition) is 1. The molecule has 0 unspecified atom stereocenters. The van der Waals surface area contributed by atoms with Gasteiger partial charge in [0.25, 0.3) is 5.91 Å². The second kappa shape index (κ2) is 7.09. The lowest BCUT2D eigenvalue weighted by molar-refractivity contribution is -0.0666. The molecule has 8 nitrogen and oxygen atoms in total. The lowest BCUT2D eigenvalue weighted by Crippen LogP contribution is -2.60. The first-order chi connectivity index (χ1) is 13.4. The molecule has 0 bridgehead atoms. The van der Waals surface area contributed by atoms with Crippen LogP contribution in [0, 0.1) is 12.3 Å². The summed E-state index contributed by atoms with van der Waals surface area (Å²) in [5, 5.41) is 3.26. The molecule has 1 spiro atoms. The molecule has 0 radical (unpaired) electrons. The fourth-order valence-electron chi connectivity index (χ4n) is 3.77. The normalized spacial score (nSPS) is 18.6. The third kappa shape index (κ3) is 3.69. The predicted molar refractivity (Wildman–Crippen MR) is 104 cm³/mol. The van der Waals surface area contributed by atoms with Crippen molar-refractivity contribution in [2.24, 2.45) is 5.41 Å². The van der Waals surface area contributed by atoms with Crippen LogP contribution >= 0.6 is 0 Å². The fourth-order valence-corrected chi connectivity index (χ4v) is 3.77. The molecule has 1 amide bonds. The van der Waals surface area contributed by atoms with Crippen molar-refractivity contribution in [2.75, 3.05) is 31.6 Å². The quantitative estimate of drug-likeness (QED) is 0.866. The first kappa shape index (κ1) is 18.7. The minimum atomic E-state index is -0.487. The van der Waals surface area contributed by atoms with E-state index in [1.807, 2.05) is 25.7 Å². The van der Waals surface area contributed by atoms with Crippen molar-refractivity contribution in [3.05, 3.63) is 41.7 Å². The van der Waals surface area contributed by atoms with Gasteiger partial charge in [0.15, 0.2) is 0 Å². The van der Waals surface area contributed by atoms with Crippen LogP contribution in [0.4, 0.5) is 5.95 Å². The molecule has 0 aliphatic carbocycles. The Morgan fingerprint density at radius 3 is 2.36 bits per heavy atom. The van der Waals surface area contributed by atoms with Crippen LogP contribution in [-0.4, -0.2) is 57.0 Å². The van der Waals surface area contributed by atoms with E-state index >= 15 is 0 Å². The van der Waals surface area contributed by atoms with E-state index in [4.69, 9.17) is 4.74 Å². The van der Waals surface area contributed by atoms with Crippen molar-refractivity contribution in [2.45, 2.75) is 39.2 Å². The first-order valence-electron chi connectivity index (χ1n) is 9.63. The van der Waals surface area contributed by atoms with E-state index in [-0.39, 0.29) is 11.3 Å². The second-order valence-electron chi connectivity index (χ2n) is 8.36. The number of amides is 1. The van der Waals surface area contributed by atoms with Gasteiger partial charge < -0.3 is 15.0 Å². The highest BCUT2D eigenvalue weighted by Gasteiger charge is 2.46. The van der Waals surface area contributed by atoms with Crippen LogP contribution in [0.15, 0.2) is 24.8 Å². The van der Waals surface area contributed by atoms with Crippen LogP contribution in [-0.2, 0) is 10.3 Å². The molecule has 2 aliphatic rings. The molecule has 4 rings (SSSR count). The average Bonchev–Trinajstić information content (AvgIpc) is 2.67. The number of likely N-dealkylation sites (tertiary alicyclic amines) is 1. The smallest absolute Gasteiger partial charge is 0.257 e. The van der Waals surface area contributed by atoms with Crippen molar-refractivity contribution in [1.29, 1.82) is 0 Å². The Balaban J connectivity index is 1.38. The number of carbonyl (C=O) groups excluding carboxylic acids is 1. The number of aromatic nitrogens is 4. The average molecular weight is 382 g/mol. The number of carbonyl (C=O) groups is 1. The third-order valence-electron chi connectivity index (χ3n) is 5.64.